The zero-order valence-corrected chi connectivity index (χ0v) is 12.0. The van der Waals surface area contributed by atoms with Gasteiger partial charge in [-0.25, -0.2) is 18.1 Å². The molecule has 2 N–H and O–H groups in total. The number of rotatable bonds is 5. The Labute approximate surface area is 111 Å². The topological polar surface area (TPSA) is 117 Å². The van der Waals surface area contributed by atoms with E-state index in [0.717, 1.165) is 0 Å². The van der Waals surface area contributed by atoms with E-state index in [9.17, 15) is 13.2 Å². The summed E-state index contributed by atoms with van der Waals surface area (Å²) in [4.78, 5) is 15.1. The molecule has 0 bridgehead atoms. The molecule has 0 spiro atoms. The predicted octanol–water partition coefficient (Wildman–Crippen LogP) is -0.383. The molecule has 0 unspecified atom stereocenters. The van der Waals surface area contributed by atoms with Crippen LogP contribution >= 0.6 is 0 Å². The lowest BCUT2D eigenvalue weighted by Gasteiger charge is -2.18. The highest BCUT2D eigenvalue weighted by Crippen LogP contribution is 2.15. The first-order valence-corrected chi connectivity index (χ1v) is 7.30. The molecule has 0 saturated heterocycles. The summed E-state index contributed by atoms with van der Waals surface area (Å²) >= 11 is 0. The van der Waals surface area contributed by atoms with E-state index < -0.39 is 20.6 Å². The normalized spacial score (nSPS) is 12.4. The van der Waals surface area contributed by atoms with Crippen molar-refractivity contribution in [3.63, 3.8) is 0 Å². The van der Waals surface area contributed by atoms with Crippen LogP contribution in [0, 0.1) is 0 Å². The molecule has 8 nitrogen and oxygen atoms in total. The lowest BCUT2D eigenvalue weighted by Crippen LogP contribution is -2.32. The number of nitrogens with zero attached hydrogens (tertiary/aromatic N) is 3. The maximum atomic E-state index is 11.8. The number of nitrogens with two attached hydrogens (primary N) is 1. The van der Waals surface area contributed by atoms with Crippen molar-refractivity contribution in [2.24, 2.45) is 0 Å². The highest BCUT2D eigenvalue weighted by atomic mass is 32.2. The van der Waals surface area contributed by atoms with Crippen LogP contribution in [0.25, 0.3) is 0 Å². The van der Waals surface area contributed by atoms with Crippen LogP contribution in [-0.2, 0) is 25.9 Å². The fourth-order valence-corrected chi connectivity index (χ4v) is 2.05. The van der Waals surface area contributed by atoms with E-state index in [0.29, 0.717) is 0 Å². The molecule has 0 fully saturated rings. The van der Waals surface area contributed by atoms with Crippen molar-refractivity contribution in [1.82, 2.24) is 14.8 Å². The number of nitrogen functional groups attached to an aromatic ring is 1. The minimum atomic E-state index is -3.29. The van der Waals surface area contributed by atoms with Crippen molar-refractivity contribution in [3.05, 3.63) is 6.33 Å². The van der Waals surface area contributed by atoms with Crippen molar-refractivity contribution >= 4 is 21.8 Å². The number of carbonyl (C=O) groups excluding carboxylic acids is 1. The van der Waals surface area contributed by atoms with Gasteiger partial charge in [-0.05, 0) is 20.8 Å². The van der Waals surface area contributed by atoms with Gasteiger partial charge in [0.1, 0.15) is 19.5 Å². The molecule has 108 valence electrons. The van der Waals surface area contributed by atoms with Crippen LogP contribution in [-0.4, -0.2) is 46.3 Å². The molecule has 0 aromatic carbocycles. The minimum Gasteiger partial charge on any atom is -0.463 e. The Balaban J connectivity index is 2.40. The third-order valence-corrected chi connectivity index (χ3v) is 4.96. The van der Waals surface area contributed by atoms with Gasteiger partial charge in [0, 0.05) is 0 Å². The van der Waals surface area contributed by atoms with E-state index in [2.05, 4.69) is 10.1 Å². The molecule has 0 saturated carbocycles. The largest absolute Gasteiger partial charge is 0.463 e. The Morgan fingerprint density at radius 1 is 1.47 bits per heavy atom. The van der Waals surface area contributed by atoms with Crippen LogP contribution in [0.1, 0.15) is 20.8 Å². The average molecular weight is 290 g/mol. The monoisotopic (exact) mass is 290 g/mol. The van der Waals surface area contributed by atoms with E-state index in [1.54, 1.807) is 20.8 Å². The molecule has 1 aromatic heterocycles. The molecule has 1 aromatic rings. The number of ether oxygens (including phenoxy) is 1. The zero-order chi connectivity index (χ0) is 14.7. The summed E-state index contributed by atoms with van der Waals surface area (Å²) in [6, 6.07) is 0. The highest BCUT2D eigenvalue weighted by molar-refractivity contribution is 7.92. The molecular weight excluding hydrogens is 272 g/mol. The standard InChI is InChI=1S/C10H18N4O4S/c1-10(2,3)19(16,17)5-4-18-8(15)6-14-7-12-9(11)13-14/h7H,4-6H2,1-3H3,(H2,11,13). The fraction of sp³-hybridized carbons (Fsp3) is 0.700. The highest BCUT2D eigenvalue weighted by Gasteiger charge is 2.28. The SMILES string of the molecule is CC(C)(C)S(=O)(=O)CCOC(=O)Cn1cnc(N)n1. The fourth-order valence-electron chi connectivity index (χ4n) is 1.13. The number of carbonyl (C=O) groups is 1. The van der Waals surface area contributed by atoms with Gasteiger partial charge in [0.15, 0.2) is 9.84 Å². The molecule has 0 aliphatic heterocycles. The molecular formula is C10H18N4O4S. The summed E-state index contributed by atoms with van der Waals surface area (Å²) < 4.78 is 28.7. The van der Waals surface area contributed by atoms with Crippen molar-refractivity contribution in [2.45, 2.75) is 32.1 Å². The van der Waals surface area contributed by atoms with E-state index in [4.69, 9.17) is 10.5 Å². The minimum absolute atomic E-state index is 0.0584. The second-order valence-corrected chi connectivity index (χ2v) is 7.81. The molecule has 0 atom stereocenters. The first-order chi connectivity index (χ1) is 8.62. The molecule has 9 heteroatoms. The van der Waals surface area contributed by atoms with E-state index in [-0.39, 0.29) is 24.9 Å². The molecule has 1 heterocycles. The van der Waals surface area contributed by atoms with Crippen molar-refractivity contribution in [1.29, 1.82) is 0 Å². The first-order valence-electron chi connectivity index (χ1n) is 5.65. The zero-order valence-electron chi connectivity index (χ0n) is 11.2. The number of anilines is 1. The Morgan fingerprint density at radius 3 is 2.58 bits per heavy atom. The lowest BCUT2D eigenvalue weighted by molar-refractivity contribution is -0.143. The molecule has 0 aliphatic carbocycles. The summed E-state index contributed by atoms with van der Waals surface area (Å²) in [5.41, 5.74) is 5.28. The number of hydrogen-bond acceptors (Lipinski definition) is 7. The van der Waals surface area contributed by atoms with Crippen LogP contribution < -0.4 is 5.73 Å². The second kappa shape index (κ2) is 5.55. The van der Waals surface area contributed by atoms with Gasteiger partial charge in [-0.2, -0.15) is 0 Å². The Morgan fingerprint density at radius 2 is 2.11 bits per heavy atom. The van der Waals surface area contributed by atoms with Gasteiger partial charge in [0.25, 0.3) is 0 Å². The Bertz CT molecular complexity index is 544. The quantitative estimate of drug-likeness (QED) is 0.734. The maximum Gasteiger partial charge on any atom is 0.327 e. The van der Waals surface area contributed by atoms with Gasteiger partial charge >= 0.3 is 5.97 Å². The molecule has 1 rings (SSSR count). The number of hydrogen-bond donors (Lipinski definition) is 1. The van der Waals surface area contributed by atoms with Crippen LogP contribution in [0.15, 0.2) is 6.33 Å². The van der Waals surface area contributed by atoms with Crippen molar-refractivity contribution in [2.75, 3.05) is 18.1 Å². The third-order valence-electron chi connectivity index (χ3n) is 2.39. The second-order valence-electron chi connectivity index (χ2n) is 4.95. The average Bonchev–Trinajstić information content (AvgIpc) is 2.61. The molecule has 0 aliphatic rings. The van der Waals surface area contributed by atoms with Crippen molar-refractivity contribution < 1.29 is 17.9 Å². The van der Waals surface area contributed by atoms with Gasteiger partial charge in [-0.15, -0.1) is 5.10 Å². The lowest BCUT2D eigenvalue weighted by atomic mass is 10.3. The van der Waals surface area contributed by atoms with Gasteiger partial charge in [0.05, 0.1) is 10.5 Å². The predicted molar refractivity (Wildman–Crippen MR) is 68.9 cm³/mol. The molecule has 0 amide bonds. The van der Waals surface area contributed by atoms with E-state index >= 15 is 0 Å². The van der Waals surface area contributed by atoms with Gasteiger partial charge in [0.2, 0.25) is 5.95 Å². The molecule has 0 radical (unpaired) electrons. The smallest absolute Gasteiger partial charge is 0.327 e. The van der Waals surface area contributed by atoms with Gasteiger partial charge < -0.3 is 10.5 Å². The summed E-state index contributed by atoms with van der Waals surface area (Å²) in [6.07, 6.45) is 1.29. The summed E-state index contributed by atoms with van der Waals surface area (Å²) in [6.45, 7) is 4.47. The van der Waals surface area contributed by atoms with E-state index in [1.165, 1.54) is 11.0 Å². The van der Waals surface area contributed by atoms with Crippen molar-refractivity contribution in [3.8, 4) is 0 Å². The summed E-state index contributed by atoms with van der Waals surface area (Å²) in [5, 5.41) is 3.71. The van der Waals surface area contributed by atoms with Gasteiger partial charge in [-0.1, -0.05) is 0 Å². The summed E-state index contributed by atoms with van der Waals surface area (Å²) in [7, 11) is -3.29. The number of sulfone groups is 1. The number of aromatic nitrogens is 3. The Kier molecular flexibility index (Phi) is 4.51. The van der Waals surface area contributed by atoms with Gasteiger partial charge in [-0.3, -0.25) is 4.79 Å². The maximum absolute atomic E-state index is 11.8. The van der Waals surface area contributed by atoms with Crippen LogP contribution in [0.5, 0.6) is 0 Å². The first kappa shape index (κ1) is 15.4. The van der Waals surface area contributed by atoms with Crippen LogP contribution in [0.3, 0.4) is 0 Å². The van der Waals surface area contributed by atoms with Crippen LogP contribution in [0.4, 0.5) is 5.95 Å². The number of esters is 1. The summed E-state index contributed by atoms with van der Waals surface area (Å²) in [5.74, 6) is -0.737. The third kappa shape index (κ3) is 4.51. The van der Waals surface area contributed by atoms with E-state index in [1.807, 2.05) is 0 Å². The van der Waals surface area contributed by atoms with Crippen LogP contribution in [0.2, 0.25) is 0 Å². The molecule has 19 heavy (non-hydrogen) atoms. The Hall–Kier alpha value is -1.64.